The molecular weight excluding hydrogens is 469 g/mol. The molecule has 2 aromatic heterocycles. The van der Waals surface area contributed by atoms with Crippen molar-refractivity contribution in [3.8, 4) is 17.2 Å². The lowest BCUT2D eigenvalue weighted by Gasteiger charge is -2.32. The van der Waals surface area contributed by atoms with Crippen LogP contribution >= 0.6 is 0 Å². The molecule has 1 saturated heterocycles. The SMILES string of the molecule is COc1cc(CNC(=O)C2CCN(c3ccc4nnc(C(F)(F)F)n4n3)CC2)cc(OC)c1OC. The lowest BCUT2D eigenvalue weighted by atomic mass is 9.96. The highest BCUT2D eigenvalue weighted by atomic mass is 19.4. The highest BCUT2D eigenvalue weighted by molar-refractivity contribution is 5.79. The molecule has 3 aromatic rings. The Labute approximate surface area is 199 Å². The largest absolute Gasteiger partial charge is 0.493 e. The van der Waals surface area contributed by atoms with Crippen LogP contribution in [0.2, 0.25) is 0 Å². The number of methoxy groups -OCH3 is 3. The van der Waals surface area contributed by atoms with Crippen LogP contribution in [0.25, 0.3) is 5.65 Å². The molecule has 188 valence electrons. The zero-order valence-corrected chi connectivity index (χ0v) is 19.4. The van der Waals surface area contributed by atoms with Crippen molar-refractivity contribution in [2.75, 3.05) is 39.3 Å². The van der Waals surface area contributed by atoms with Gasteiger partial charge in [0.05, 0.1) is 21.3 Å². The maximum Gasteiger partial charge on any atom is 0.453 e. The van der Waals surface area contributed by atoms with Gasteiger partial charge in [0, 0.05) is 25.6 Å². The molecule has 0 bridgehead atoms. The Balaban J connectivity index is 1.37. The number of hydrogen-bond acceptors (Lipinski definition) is 8. The van der Waals surface area contributed by atoms with Crippen LogP contribution in [-0.4, -0.2) is 60.1 Å². The maximum absolute atomic E-state index is 13.1. The van der Waals surface area contributed by atoms with Crippen molar-refractivity contribution in [2.45, 2.75) is 25.6 Å². The van der Waals surface area contributed by atoms with E-state index in [1.807, 2.05) is 4.90 Å². The third-order valence-electron chi connectivity index (χ3n) is 5.88. The number of nitrogens with one attached hydrogen (secondary N) is 1. The molecule has 1 aliphatic heterocycles. The minimum atomic E-state index is -4.66. The standard InChI is InChI=1S/C22H25F3N6O4/c1-33-15-10-13(11-16(34-2)19(15)35-3)12-26-20(32)14-6-8-30(9-7-14)18-5-4-17-27-28-21(22(23,24)25)31(17)29-18/h4-5,10-11,14H,6-9,12H2,1-3H3,(H,26,32). The number of rotatable bonds is 7. The molecule has 1 amide bonds. The van der Waals surface area contributed by atoms with E-state index >= 15 is 0 Å². The van der Waals surface area contributed by atoms with Crippen LogP contribution < -0.4 is 24.4 Å². The van der Waals surface area contributed by atoms with E-state index in [2.05, 4.69) is 20.6 Å². The molecule has 13 heteroatoms. The number of carbonyl (C=O) groups excluding carboxylic acids is 1. The summed E-state index contributed by atoms with van der Waals surface area (Å²) in [5, 5.41) is 13.7. The number of amides is 1. The Morgan fingerprint density at radius 1 is 1.06 bits per heavy atom. The summed E-state index contributed by atoms with van der Waals surface area (Å²) >= 11 is 0. The van der Waals surface area contributed by atoms with E-state index in [1.165, 1.54) is 27.4 Å². The number of hydrogen-bond donors (Lipinski definition) is 1. The third kappa shape index (κ3) is 5.03. The van der Waals surface area contributed by atoms with Gasteiger partial charge < -0.3 is 24.4 Å². The topological polar surface area (TPSA) is 103 Å². The average molecular weight is 494 g/mol. The first-order valence-corrected chi connectivity index (χ1v) is 10.9. The highest BCUT2D eigenvalue weighted by Gasteiger charge is 2.38. The number of anilines is 1. The van der Waals surface area contributed by atoms with Crippen LogP contribution in [0.5, 0.6) is 17.2 Å². The van der Waals surface area contributed by atoms with Gasteiger partial charge in [0.2, 0.25) is 11.7 Å². The number of carbonyl (C=O) groups is 1. The Bertz CT molecular complexity index is 1180. The van der Waals surface area contributed by atoms with E-state index in [9.17, 15) is 18.0 Å². The summed E-state index contributed by atoms with van der Waals surface area (Å²) in [5.41, 5.74) is 0.805. The molecular formula is C22H25F3N6O4. The van der Waals surface area contributed by atoms with E-state index in [4.69, 9.17) is 14.2 Å². The third-order valence-corrected chi connectivity index (χ3v) is 5.88. The minimum Gasteiger partial charge on any atom is -0.493 e. The maximum atomic E-state index is 13.1. The normalized spacial score (nSPS) is 14.7. The summed E-state index contributed by atoms with van der Waals surface area (Å²) in [6.07, 6.45) is -3.59. The van der Waals surface area contributed by atoms with Gasteiger partial charge in [-0.15, -0.1) is 15.3 Å². The quantitative estimate of drug-likeness (QED) is 0.535. The molecule has 4 rings (SSSR count). The van der Waals surface area contributed by atoms with E-state index in [0.29, 0.717) is 53.5 Å². The van der Waals surface area contributed by atoms with Gasteiger partial charge in [0.25, 0.3) is 5.82 Å². The average Bonchev–Trinajstić information content (AvgIpc) is 3.30. The zero-order valence-electron chi connectivity index (χ0n) is 19.4. The molecule has 0 saturated carbocycles. The molecule has 1 aliphatic rings. The van der Waals surface area contributed by atoms with Crippen molar-refractivity contribution in [2.24, 2.45) is 5.92 Å². The van der Waals surface area contributed by atoms with E-state index in [-0.39, 0.29) is 24.0 Å². The number of nitrogens with zero attached hydrogens (tertiary/aromatic N) is 5. The Morgan fingerprint density at radius 3 is 2.29 bits per heavy atom. The van der Waals surface area contributed by atoms with Gasteiger partial charge in [0.1, 0.15) is 5.82 Å². The fourth-order valence-electron chi connectivity index (χ4n) is 4.07. The summed E-state index contributed by atoms with van der Waals surface area (Å²) in [4.78, 5) is 14.6. The minimum absolute atomic E-state index is 0.0159. The second-order valence-electron chi connectivity index (χ2n) is 8.00. The second-order valence-corrected chi connectivity index (χ2v) is 8.00. The summed E-state index contributed by atoms with van der Waals surface area (Å²) in [6.45, 7) is 1.23. The molecule has 1 N–H and O–H groups in total. The molecule has 0 unspecified atom stereocenters. The lowest BCUT2D eigenvalue weighted by Crippen LogP contribution is -2.40. The van der Waals surface area contributed by atoms with E-state index in [1.54, 1.807) is 18.2 Å². The fraction of sp³-hybridized carbons (Fsp3) is 0.455. The molecule has 0 aliphatic carbocycles. The van der Waals surface area contributed by atoms with Gasteiger partial charge in [0.15, 0.2) is 17.1 Å². The van der Waals surface area contributed by atoms with Crippen molar-refractivity contribution >= 4 is 17.4 Å². The fourth-order valence-corrected chi connectivity index (χ4v) is 4.07. The van der Waals surface area contributed by atoms with Crippen LogP contribution in [0.15, 0.2) is 24.3 Å². The van der Waals surface area contributed by atoms with Crippen molar-refractivity contribution in [3.63, 3.8) is 0 Å². The van der Waals surface area contributed by atoms with Gasteiger partial charge in [-0.05, 0) is 42.7 Å². The number of fused-ring (bicyclic) bond motifs is 1. The van der Waals surface area contributed by atoms with E-state index in [0.717, 1.165) is 5.56 Å². The monoisotopic (exact) mass is 494 g/mol. The van der Waals surface area contributed by atoms with E-state index < -0.39 is 12.0 Å². The molecule has 0 spiro atoms. The first-order chi connectivity index (χ1) is 16.7. The number of halogens is 3. The highest BCUT2D eigenvalue weighted by Crippen LogP contribution is 2.38. The van der Waals surface area contributed by atoms with Gasteiger partial charge in [-0.2, -0.15) is 17.7 Å². The van der Waals surface area contributed by atoms with Gasteiger partial charge in [-0.3, -0.25) is 4.79 Å². The first kappa shape index (κ1) is 24.4. The second kappa shape index (κ2) is 9.84. The van der Waals surface area contributed by atoms with Gasteiger partial charge in [-0.25, -0.2) is 0 Å². The molecule has 3 heterocycles. The molecule has 1 aromatic carbocycles. The summed E-state index contributed by atoms with van der Waals surface area (Å²) < 4.78 is 56.1. The van der Waals surface area contributed by atoms with Crippen LogP contribution in [0.1, 0.15) is 24.2 Å². The number of piperidine rings is 1. The Morgan fingerprint density at radius 2 is 1.71 bits per heavy atom. The molecule has 1 fully saturated rings. The number of ether oxygens (including phenoxy) is 3. The van der Waals surface area contributed by atoms with Gasteiger partial charge >= 0.3 is 6.18 Å². The predicted octanol–water partition coefficient (Wildman–Crippen LogP) is 2.70. The molecule has 35 heavy (non-hydrogen) atoms. The summed E-state index contributed by atoms with van der Waals surface area (Å²) in [6, 6.07) is 6.59. The molecule has 10 nitrogen and oxygen atoms in total. The molecule has 0 radical (unpaired) electrons. The number of benzene rings is 1. The Kier molecular flexibility index (Phi) is 6.85. The van der Waals surface area contributed by atoms with Gasteiger partial charge in [-0.1, -0.05) is 0 Å². The van der Waals surface area contributed by atoms with Crippen molar-refractivity contribution in [1.29, 1.82) is 0 Å². The first-order valence-electron chi connectivity index (χ1n) is 10.9. The van der Waals surface area contributed by atoms with Crippen LogP contribution in [0, 0.1) is 5.92 Å². The summed E-state index contributed by atoms with van der Waals surface area (Å²) in [7, 11) is 4.56. The number of alkyl halides is 3. The Hall–Kier alpha value is -3.77. The summed E-state index contributed by atoms with van der Waals surface area (Å²) in [5.74, 6) is 0.344. The van der Waals surface area contributed by atoms with Crippen molar-refractivity contribution < 1.29 is 32.2 Å². The lowest BCUT2D eigenvalue weighted by molar-refractivity contribution is -0.146. The van der Waals surface area contributed by atoms with Crippen molar-refractivity contribution in [3.05, 3.63) is 35.7 Å². The predicted molar refractivity (Wildman–Crippen MR) is 119 cm³/mol. The zero-order chi connectivity index (χ0) is 25.2. The molecule has 0 atom stereocenters. The van der Waals surface area contributed by atoms with Crippen LogP contribution in [0.3, 0.4) is 0 Å². The van der Waals surface area contributed by atoms with Crippen LogP contribution in [-0.2, 0) is 17.5 Å². The van der Waals surface area contributed by atoms with Crippen LogP contribution in [0.4, 0.5) is 19.0 Å². The smallest absolute Gasteiger partial charge is 0.453 e. The van der Waals surface area contributed by atoms with Crippen molar-refractivity contribution in [1.82, 2.24) is 25.1 Å². The number of aromatic nitrogens is 4.